The van der Waals surface area contributed by atoms with E-state index in [0.717, 1.165) is 11.3 Å². The van der Waals surface area contributed by atoms with Crippen molar-refractivity contribution in [3.63, 3.8) is 0 Å². The first-order chi connectivity index (χ1) is 13.4. The van der Waals surface area contributed by atoms with E-state index in [1.54, 1.807) is 6.92 Å². The van der Waals surface area contributed by atoms with Gasteiger partial charge in [-0.15, -0.1) is 0 Å². The summed E-state index contributed by atoms with van der Waals surface area (Å²) in [6.07, 6.45) is 0.525. The van der Waals surface area contributed by atoms with Crippen LogP contribution in [0.1, 0.15) is 38.7 Å². The van der Waals surface area contributed by atoms with Crippen molar-refractivity contribution in [3.05, 3.63) is 58.4 Å². The SMILES string of the molecule is CCOC(=O)C1=C(C)NC2=C(C(=O)[C@H](C(=O)OC)[C@@H](C)C2)[C@H]1c1ccccc1. The molecular weight excluding hydrogens is 358 g/mol. The largest absolute Gasteiger partial charge is 0.468 e. The molecule has 6 nitrogen and oxygen atoms in total. The highest BCUT2D eigenvalue weighted by atomic mass is 16.5. The van der Waals surface area contributed by atoms with Crippen LogP contribution in [0.2, 0.25) is 0 Å². The van der Waals surface area contributed by atoms with Crippen LogP contribution in [-0.2, 0) is 23.9 Å². The second kappa shape index (κ2) is 8.00. The van der Waals surface area contributed by atoms with Crippen molar-refractivity contribution < 1.29 is 23.9 Å². The Kier molecular flexibility index (Phi) is 5.68. The first-order valence-corrected chi connectivity index (χ1v) is 9.45. The smallest absolute Gasteiger partial charge is 0.336 e. The molecule has 28 heavy (non-hydrogen) atoms. The van der Waals surface area contributed by atoms with Crippen LogP contribution in [0.5, 0.6) is 0 Å². The quantitative estimate of drug-likeness (QED) is 0.636. The maximum absolute atomic E-state index is 13.4. The summed E-state index contributed by atoms with van der Waals surface area (Å²) in [5.74, 6) is -2.95. The number of esters is 2. The van der Waals surface area contributed by atoms with Gasteiger partial charge < -0.3 is 14.8 Å². The summed E-state index contributed by atoms with van der Waals surface area (Å²) < 4.78 is 10.2. The van der Waals surface area contributed by atoms with Crippen molar-refractivity contribution in [1.29, 1.82) is 0 Å². The lowest BCUT2D eigenvalue weighted by molar-refractivity contribution is -0.151. The van der Waals surface area contributed by atoms with Crippen LogP contribution < -0.4 is 5.32 Å². The number of carbonyl (C=O) groups is 3. The lowest BCUT2D eigenvalue weighted by Gasteiger charge is -2.38. The van der Waals surface area contributed by atoms with Gasteiger partial charge in [-0.3, -0.25) is 9.59 Å². The number of benzene rings is 1. The average molecular weight is 383 g/mol. The highest BCUT2D eigenvalue weighted by Crippen LogP contribution is 2.45. The standard InChI is InChI=1S/C22H25NO5/c1-5-28-22(26)17-13(3)23-15-11-12(2)16(21(25)27-4)20(24)19(15)18(17)14-9-7-6-8-10-14/h6-10,12,16,18,23H,5,11H2,1-4H3/t12-,16+,18-/m0/s1. The van der Waals surface area contributed by atoms with Gasteiger partial charge in [0.15, 0.2) is 5.78 Å². The van der Waals surface area contributed by atoms with Gasteiger partial charge in [0.1, 0.15) is 5.92 Å². The number of hydrogen-bond donors (Lipinski definition) is 1. The summed E-state index contributed by atoms with van der Waals surface area (Å²) in [6, 6.07) is 9.37. The molecule has 0 radical (unpaired) electrons. The van der Waals surface area contributed by atoms with E-state index < -0.39 is 23.8 Å². The van der Waals surface area contributed by atoms with E-state index >= 15 is 0 Å². The molecule has 0 unspecified atom stereocenters. The Balaban J connectivity index is 2.17. The molecule has 3 rings (SSSR count). The van der Waals surface area contributed by atoms with Crippen LogP contribution in [0.3, 0.4) is 0 Å². The maximum Gasteiger partial charge on any atom is 0.336 e. The molecule has 0 amide bonds. The number of carbonyl (C=O) groups excluding carboxylic acids is 3. The predicted octanol–water partition coefficient (Wildman–Crippen LogP) is 2.86. The molecule has 2 aliphatic rings. The molecule has 6 heteroatoms. The lowest BCUT2D eigenvalue weighted by atomic mass is 9.69. The molecule has 0 saturated heterocycles. The van der Waals surface area contributed by atoms with E-state index in [4.69, 9.17) is 9.47 Å². The molecule has 1 N–H and O–H groups in total. The van der Waals surface area contributed by atoms with E-state index in [9.17, 15) is 14.4 Å². The lowest BCUT2D eigenvalue weighted by Crippen LogP contribution is -2.43. The fraction of sp³-hybridized carbons (Fsp3) is 0.409. The molecular formula is C22H25NO5. The fourth-order valence-electron chi connectivity index (χ4n) is 4.14. The molecule has 1 aliphatic carbocycles. The van der Waals surface area contributed by atoms with Gasteiger partial charge in [-0.05, 0) is 31.7 Å². The normalized spacial score (nSPS) is 24.4. The molecule has 1 aromatic rings. The molecule has 1 heterocycles. The molecule has 0 spiro atoms. The van der Waals surface area contributed by atoms with E-state index in [1.165, 1.54) is 7.11 Å². The van der Waals surface area contributed by atoms with Crippen molar-refractivity contribution in [2.24, 2.45) is 11.8 Å². The third-order valence-electron chi connectivity index (χ3n) is 5.37. The molecule has 1 aliphatic heterocycles. The zero-order valence-corrected chi connectivity index (χ0v) is 16.6. The Morgan fingerprint density at radius 2 is 1.89 bits per heavy atom. The first-order valence-electron chi connectivity index (χ1n) is 9.45. The first kappa shape index (κ1) is 19.9. The van der Waals surface area contributed by atoms with Gasteiger partial charge >= 0.3 is 11.9 Å². The van der Waals surface area contributed by atoms with Crippen molar-refractivity contribution >= 4 is 17.7 Å². The fourth-order valence-corrected chi connectivity index (χ4v) is 4.14. The van der Waals surface area contributed by atoms with Gasteiger partial charge in [0.2, 0.25) is 0 Å². The van der Waals surface area contributed by atoms with Crippen LogP contribution in [0.25, 0.3) is 0 Å². The number of ether oxygens (including phenoxy) is 2. The van der Waals surface area contributed by atoms with Crippen molar-refractivity contribution in [1.82, 2.24) is 5.32 Å². The molecule has 3 atom stereocenters. The zero-order valence-electron chi connectivity index (χ0n) is 16.6. The minimum absolute atomic E-state index is 0.195. The molecule has 0 fully saturated rings. The number of allylic oxidation sites excluding steroid dienone is 3. The molecule has 148 valence electrons. The van der Waals surface area contributed by atoms with Crippen LogP contribution in [0.15, 0.2) is 52.9 Å². The second-order valence-corrected chi connectivity index (χ2v) is 7.17. The van der Waals surface area contributed by atoms with Gasteiger partial charge in [-0.1, -0.05) is 37.3 Å². The molecule has 0 saturated carbocycles. The third-order valence-corrected chi connectivity index (χ3v) is 5.37. The van der Waals surface area contributed by atoms with E-state index in [1.807, 2.05) is 44.2 Å². The van der Waals surface area contributed by atoms with Crippen LogP contribution in [0, 0.1) is 11.8 Å². The summed E-state index contributed by atoms with van der Waals surface area (Å²) >= 11 is 0. The van der Waals surface area contributed by atoms with Crippen molar-refractivity contribution in [2.75, 3.05) is 13.7 Å². The third kappa shape index (κ3) is 3.35. The number of rotatable bonds is 4. The second-order valence-electron chi connectivity index (χ2n) is 7.17. The molecule has 0 aromatic heterocycles. The molecule has 0 bridgehead atoms. The van der Waals surface area contributed by atoms with Gasteiger partial charge in [0.05, 0.1) is 19.3 Å². The Morgan fingerprint density at radius 3 is 2.50 bits per heavy atom. The number of hydrogen-bond acceptors (Lipinski definition) is 6. The van der Waals surface area contributed by atoms with Crippen LogP contribution in [-0.4, -0.2) is 31.4 Å². The maximum atomic E-state index is 13.4. The van der Waals surface area contributed by atoms with Gasteiger partial charge in [0, 0.05) is 22.9 Å². The Hall–Kier alpha value is -2.89. The van der Waals surface area contributed by atoms with Crippen molar-refractivity contribution in [2.45, 2.75) is 33.1 Å². The van der Waals surface area contributed by atoms with Gasteiger partial charge in [-0.25, -0.2) is 4.79 Å². The summed E-state index contributed by atoms with van der Waals surface area (Å²) in [6.45, 7) is 5.65. The number of methoxy groups -OCH3 is 1. The van der Waals surface area contributed by atoms with Gasteiger partial charge in [-0.2, -0.15) is 0 Å². The number of dihydropyridines is 1. The topological polar surface area (TPSA) is 81.7 Å². The summed E-state index contributed by atoms with van der Waals surface area (Å²) in [7, 11) is 1.29. The van der Waals surface area contributed by atoms with Crippen molar-refractivity contribution in [3.8, 4) is 0 Å². The van der Waals surface area contributed by atoms with Gasteiger partial charge in [0.25, 0.3) is 0 Å². The van der Waals surface area contributed by atoms with E-state index in [2.05, 4.69) is 5.32 Å². The zero-order chi connectivity index (χ0) is 20.4. The Bertz CT molecular complexity index is 868. The Morgan fingerprint density at radius 1 is 1.21 bits per heavy atom. The summed E-state index contributed by atoms with van der Waals surface area (Å²) in [4.78, 5) is 38.5. The number of Topliss-reactive ketones (excluding diaryl/α,β-unsaturated/α-hetero) is 1. The van der Waals surface area contributed by atoms with E-state index in [0.29, 0.717) is 23.3 Å². The molecule has 1 aromatic carbocycles. The minimum Gasteiger partial charge on any atom is -0.468 e. The number of ketones is 1. The minimum atomic E-state index is -0.876. The average Bonchev–Trinajstić information content (AvgIpc) is 2.67. The van der Waals surface area contributed by atoms with Crippen LogP contribution >= 0.6 is 0 Å². The summed E-state index contributed by atoms with van der Waals surface area (Å²) in [5.41, 5.74) is 3.09. The highest BCUT2D eigenvalue weighted by Gasteiger charge is 2.47. The highest BCUT2D eigenvalue weighted by molar-refractivity contribution is 6.12. The Labute approximate surface area is 164 Å². The van der Waals surface area contributed by atoms with Crippen LogP contribution in [0.4, 0.5) is 0 Å². The predicted molar refractivity (Wildman–Crippen MR) is 103 cm³/mol. The number of nitrogens with one attached hydrogen (secondary N) is 1. The monoisotopic (exact) mass is 383 g/mol. The summed E-state index contributed by atoms with van der Waals surface area (Å²) in [5, 5.41) is 3.23. The van der Waals surface area contributed by atoms with E-state index in [-0.39, 0.29) is 18.3 Å².